The Labute approximate surface area is 105 Å². The molecule has 1 rings (SSSR count). The second kappa shape index (κ2) is 5.84. The zero-order valence-electron chi connectivity index (χ0n) is 11.4. The van der Waals surface area contributed by atoms with E-state index in [0.29, 0.717) is 5.92 Å². The average molecular weight is 230 g/mol. The molecule has 0 N–H and O–H groups in total. The van der Waals surface area contributed by atoms with Crippen molar-refractivity contribution in [2.75, 3.05) is 14.1 Å². The quantitative estimate of drug-likeness (QED) is 0.792. The van der Waals surface area contributed by atoms with Gasteiger partial charge in [-0.15, -0.1) is 0 Å². The van der Waals surface area contributed by atoms with Gasteiger partial charge < -0.3 is 4.90 Å². The highest BCUT2D eigenvalue weighted by molar-refractivity contribution is 5.30. The molecule has 0 bridgehead atoms. The van der Waals surface area contributed by atoms with E-state index >= 15 is 0 Å². The summed E-state index contributed by atoms with van der Waals surface area (Å²) in [6, 6.07) is 11.0. The van der Waals surface area contributed by atoms with Gasteiger partial charge in [-0.2, -0.15) is 5.26 Å². The topological polar surface area (TPSA) is 27.0 Å². The molecule has 1 aromatic rings. The Bertz CT molecular complexity index is 402. The Kier molecular flexibility index (Phi) is 4.72. The predicted octanol–water partition coefficient (Wildman–Crippen LogP) is 3.39. The van der Waals surface area contributed by atoms with Crippen LogP contribution in [0, 0.1) is 30.1 Å². The summed E-state index contributed by atoms with van der Waals surface area (Å²) in [5.41, 5.74) is 2.52. The largest absolute Gasteiger partial charge is 0.301 e. The van der Waals surface area contributed by atoms with Crippen molar-refractivity contribution in [3.8, 4) is 6.07 Å². The van der Waals surface area contributed by atoms with Gasteiger partial charge in [-0.25, -0.2) is 0 Å². The molecule has 0 radical (unpaired) electrons. The van der Waals surface area contributed by atoms with Crippen LogP contribution < -0.4 is 0 Å². The smallest absolute Gasteiger partial charge is 0.0683 e. The number of aryl methyl sites for hydroxylation is 1. The van der Waals surface area contributed by atoms with Gasteiger partial charge in [0, 0.05) is 0 Å². The summed E-state index contributed by atoms with van der Waals surface area (Å²) in [4.78, 5) is 2.15. The molecule has 0 saturated carbocycles. The monoisotopic (exact) mass is 230 g/mol. The Balaban J connectivity index is 3.19. The fraction of sp³-hybridized carbons (Fsp3) is 0.533. The van der Waals surface area contributed by atoms with Crippen LogP contribution in [0.3, 0.4) is 0 Å². The minimum Gasteiger partial charge on any atom is -0.301 e. The molecule has 1 aromatic carbocycles. The second-order valence-electron chi connectivity index (χ2n) is 5.16. The summed E-state index contributed by atoms with van der Waals surface area (Å²) < 4.78 is 0. The molecule has 0 aromatic heterocycles. The van der Waals surface area contributed by atoms with E-state index in [1.807, 2.05) is 26.2 Å². The van der Waals surface area contributed by atoms with Gasteiger partial charge >= 0.3 is 0 Å². The van der Waals surface area contributed by atoms with Crippen molar-refractivity contribution >= 4 is 0 Å². The van der Waals surface area contributed by atoms with Crippen molar-refractivity contribution in [3.63, 3.8) is 0 Å². The molecule has 0 amide bonds. The Morgan fingerprint density at radius 1 is 1.18 bits per heavy atom. The van der Waals surface area contributed by atoms with Crippen molar-refractivity contribution < 1.29 is 0 Å². The second-order valence-corrected chi connectivity index (χ2v) is 5.16. The highest BCUT2D eigenvalue weighted by Crippen LogP contribution is 2.33. The molecule has 2 unspecified atom stereocenters. The first kappa shape index (κ1) is 13.7. The number of hydrogen-bond donors (Lipinski definition) is 0. The zero-order chi connectivity index (χ0) is 13.0. The third-order valence-corrected chi connectivity index (χ3v) is 3.27. The number of nitriles is 1. The van der Waals surface area contributed by atoms with Crippen molar-refractivity contribution in [2.24, 2.45) is 11.8 Å². The minimum absolute atomic E-state index is 0.0195. The molecular weight excluding hydrogens is 208 g/mol. The normalized spacial score (nSPS) is 14.7. The van der Waals surface area contributed by atoms with E-state index in [4.69, 9.17) is 0 Å². The van der Waals surface area contributed by atoms with Crippen LogP contribution in [0.2, 0.25) is 0 Å². The number of hydrogen-bond acceptors (Lipinski definition) is 2. The number of benzene rings is 1. The lowest BCUT2D eigenvalue weighted by Crippen LogP contribution is -2.30. The van der Waals surface area contributed by atoms with Gasteiger partial charge in [0.1, 0.15) is 0 Å². The summed E-state index contributed by atoms with van der Waals surface area (Å²) >= 11 is 0. The van der Waals surface area contributed by atoms with Crippen LogP contribution in [-0.4, -0.2) is 19.0 Å². The van der Waals surface area contributed by atoms with Crippen molar-refractivity contribution in [3.05, 3.63) is 35.4 Å². The third-order valence-electron chi connectivity index (χ3n) is 3.27. The Hall–Kier alpha value is -1.33. The molecule has 2 heteroatoms. The summed E-state index contributed by atoms with van der Waals surface area (Å²) in [6.45, 7) is 6.34. The molecule has 0 spiro atoms. The van der Waals surface area contributed by atoms with Crippen LogP contribution in [0.1, 0.15) is 31.0 Å². The molecule has 17 heavy (non-hydrogen) atoms. The van der Waals surface area contributed by atoms with Crippen molar-refractivity contribution in [1.29, 1.82) is 5.26 Å². The number of nitrogens with zero attached hydrogens (tertiary/aromatic N) is 2. The Morgan fingerprint density at radius 3 is 2.18 bits per heavy atom. The lowest BCUT2D eigenvalue weighted by molar-refractivity contribution is 0.209. The predicted molar refractivity (Wildman–Crippen MR) is 71.5 cm³/mol. The van der Waals surface area contributed by atoms with Crippen molar-refractivity contribution in [2.45, 2.75) is 26.8 Å². The first-order valence-electron chi connectivity index (χ1n) is 6.10. The highest BCUT2D eigenvalue weighted by Gasteiger charge is 2.28. The van der Waals surface area contributed by atoms with Crippen LogP contribution in [-0.2, 0) is 0 Å². The van der Waals surface area contributed by atoms with E-state index in [-0.39, 0.29) is 12.0 Å². The molecule has 0 saturated heterocycles. The standard InChI is InChI=1S/C15H22N2/c1-11(2)14(10-16)15(17(4)5)13-9-7-6-8-12(13)3/h6-9,11,14-15H,1-5H3. The molecule has 0 aliphatic carbocycles. The summed E-state index contributed by atoms with van der Waals surface area (Å²) in [6.07, 6.45) is 0. The Morgan fingerprint density at radius 2 is 1.76 bits per heavy atom. The van der Waals surface area contributed by atoms with Gasteiger partial charge in [-0.3, -0.25) is 0 Å². The molecule has 0 heterocycles. The summed E-state index contributed by atoms with van der Waals surface area (Å²) in [5.74, 6) is 0.373. The molecular formula is C15H22N2. The molecule has 92 valence electrons. The fourth-order valence-electron chi connectivity index (χ4n) is 2.30. The molecule has 2 atom stereocenters. The van der Waals surface area contributed by atoms with Crippen molar-refractivity contribution in [1.82, 2.24) is 4.90 Å². The van der Waals surface area contributed by atoms with Crippen LogP contribution >= 0.6 is 0 Å². The molecule has 0 fully saturated rings. The first-order valence-corrected chi connectivity index (χ1v) is 6.10. The minimum atomic E-state index is 0.0195. The first-order chi connectivity index (χ1) is 7.99. The molecule has 0 aliphatic rings. The van der Waals surface area contributed by atoms with E-state index in [9.17, 15) is 5.26 Å². The van der Waals surface area contributed by atoms with E-state index < -0.39 is 0 Å². The van der Waals surface area contributed by atoms with Gasteiger partial charge in [-0.05, 0) is 38.1 Å². The van der Waals surface area contributed by atoms with Gasteiger partial charge in [0.2, 0.25) is 0 Å². The lowest BCUT2D eigenvalue weighted by Gasteiger charge is -2.32. The van der Waals surface area contributed by atoms with Crippen LogP contribution in [0.15, 0.2) is 24.3 Å². The van der Waals surface area contributed by atoms with E-state index in [1.54, 1.807) is 0 Å². The zero-order valence-corrected chi connectivity index (χ0v) is 11.4. The average Bonchev–Trinajstić information content (AvgIpc) is 2.26. The van der Waals surface area contributed by atoms with Gasteiger partial charge in [0.05, 0.1) is 18.0 Å². The van der Waals surface area contributed by atoms with Gasteiger partial charge in [-0.1, -0.05) is 38.1 Å². The fourth-order valence-corrected chi connectivity index (χ4v) is 2.30. The SMILES string of the molecule is Cc1ccccc1C(C(C#N)C(C)C)N(C)C. The van der Waals surface area contributed by atoms with Crippen LogP contribution in [0.4, 0.5) is 0 Å². The lowest BCUT2D eigenvalue weighted by atomic mass is 9.83. The van der Waals surface area contributed by atoms with E-state index in [0.717, 1.165) is 0 Å². The number of rotatable bonds is 4. The molecule has 2 nitrogen and oxygen atoms in total. The maximum atomic E-state index is 9.39. The van der Waals surface area contributed by atoms with Crippen LogP contribution in [0.5, 0.6) is 0 Å². The van der Waals surface area contributed by atoms with E-state index in [2.05, 4.69) is 43.9 Å². The maximum absolute atomic E-state index is 9.39. The van der Waals surface area contributed by atoms with Crippen LogP contribution in [0.25, 0.3) is 0 Å². The van der Waals surface area contributed by atoms with Gasteiger partial charge in [0.15, 0.2) is 0 Å². The summed E-state index contributed by atoms with van der Waals surface area (Å²) in [7, 11) is 4.09. The van der Waals surface area contributed by atoms with E-state index in [1.165, 1.54) is 11.1 Å². The molecule has 0 aliphatic heterocycles. The highest BCUT2D eigenvalue weighted by atomic mass is 15.1. The third kappa shape index (κ3) is 3.08. The summed E-state index contributed by atoms with van der Waals surface area (Å²) in [5, 5.41) is 9.39. The van der Waals surface area contributed by atoms with Gasteiger partial charge in [0.25, 0.3) is 0 Å². The maximum Gasteiger partial charge on any atom is 0.0683 e.